The molecule has 0 unspecified atom stereocenters. The maximum Gasteiger partial charge on any atom is 0.177 e. The fourth-order valence-electron chi connectivity index (χ4n) is 3.61. The summed E-state index contributed by atoms with van der Waals surface area (Å²) in [6, 6.07) is 8.48. The Morgan fingerprint density at radius 2 is 1.89 bits per heavy atom. The van der Waals surface area contributed by atoms with Crippen molar-refractivity contribution < 1.29 is 4.79 Å². The van der Waals surface area contributed by atoms with Gasteiger partial charge in [-0.3, -0.25) is 4.79 Å². The smallest absolute Gasteiger partial charge is 0.177 e. The van der Waals surface area contributed by atoms with Crippen molar-refractivity contribution in [3.8, 4) is 0 Å². The van der Waals surface area contributed by atoms with Crippen LogP contribution in [0.5, 0.6) is 0 Å². The summed E-state index contributed by atoms with van der Waals surface area (Å²) in [5.41, 5.74) is 3.67. The number of fused-ring (bicyclic) bond motifs is 2. The van der Waals surface area contributed by atoms with Crippen LogP contribution >= 0.6 is 0 Å². The molecule has 0 aliphatic heterocycles. The van der Waals surface area contributed by atoms with E-state index in [9.17, 15) is 4.79 Å². The number of carbonyl (C=O) groups is 1. The third kappa shape index (κ3) is 2.04. The van der Waals surface area contributed by atoms with Crippen molar-refractivity contribution in [2.24, 2.45) is 0 Å². The number of Topliss-reactive ketones (excluding diaryl/α,β-unsaturated/α-hetero) is 1. The molecule has 0 saturated heterocycles. The Hall–Kier alpha value is -1.41. The second-order valence-corrected chi connectivity index (χ2v) is 6.13. The fourth-order valence-corrected chi connectivity index (χ4v) is 3.61. The highest BCUT2D eigenvalue weighted by atomic mass is 16.1. The summed E-state index contributed by atoms with van der Waals surface area (Å²) in [6.45, 7) is 0.496. The van der Waals surface area contributed by atoms with Crippen LogP contribution in [-0.4, -0.2) is 31.3 Å². The first-order chi connectivity index (χ1) is 9.12. The number of likely N-dealkylation sites (N-methyl/N-ethyl adjacent to an activating group) is 1. The molecule has 0 radical (unpaired) electrons. The standard InChI is InChI=1S/C17H21NO/c1-18(2)12-16(19)14-11-17(9-5-6-10-17)15-8-4-3-7-13(14)15/h3-4,7-8,11H,5-6,9-10,12H2,1-2H3. The van der Waals surface area contributed by atoms with Crippen LogP contribution in [0.4, 0.5) is 0 Å². The average Bonchev–Trinajstić information content (AvgIpc) is 2.97. The van der Waals surface area contributed by atoms with Gasteiger partial charge in [-0.1, -0.05) is 43.2 Å². The lowest BCUT2D eigenvalue weighted by molar-refractivity contribution is -0.114. The molecule has 0 N–H and O–H groups in total. The predicted octanol–water partition coefficient (Wildman–Crippen LogP) is 3.03. The van der Waals surface area contributed by atoms with E-state index in [1.165, 1.54) is 36.8 Å². The number of hydrogen-bond donors (Lipinski definition) is 0. The Morgan fingerprint density at radius 1 is 1.21 bits per heavy atom. The van der Waals surface area contributed by atoms with Crippen LogP contribution < -0.4 is 0 Å². The molecule has 1 aromatic rings. The molecule has 2 aliphatic rings. The lowest BCUT2D eigenvalue weighted by atomic mass is 9.81. The average molecular weight is 255 g/mol. The third-order valence-electron chi connectivity index (χ3n) is 4.43. The summed E-state index contributed by atoms with van der Waals surface area (Å²) in [5.74, 6) is 0.251. The molecule has 0 atom stereocenters. The number of benzene rings is 1. The first kappa shape index (κ1) is 12.6. The van der Waals surface area contributed by atoms with E-state index in [4.69, 9.17) is 0 Å². The van der Waals surface area contributed by atoms with E-state index < -0.39 is 0 Å². The van der Waals surface area contributed by atoms with Crippen molar-refractivity contribution in [3.63, 3.8) is 0 Å². The van der Waals surface area contributed by atoms with Gasteiger partial charge in [-0.25, -0.2) is 0 Å². The monoisotopic (exact) mass is 255 g/mol. The topological polar surface area (TPSA) is 20.3 Å². The van der Waals surface area contributed by atoms with Gasteiger partial charge in [0.15, 0.2) is 5.78 Å². The maximum atomic E-state index is 12.4. The van der Waals surface area contributed by atoms with Gasteiger partial charge >= 0.3 is 0 Å². The number of carbonyl (C=O) groups excluding carboxylic acids is 1. The minimum absolute atomic E-state index is 0.161. The van der Waals surface area contributed by atoms with Crippen molar-refractivity contribution in [3.05, 3.63) is 41.5 Å². The Bertz CT molecular complexity index is 536. The highest BCUT2D eigenvalue weighted by Gasteiger charge is 2.41. The molecule has 2 aliphatic carbocycles. The van der Waals surface area contributed by atoms with E-state index in [2.05, 4.69) is 24.3 Å². The molecule has 0 heterocycles. The molecule has 0 bridgehead atoms. The molecule has 19 heavy (non-hydrogen) atoms. The number of allylic oxidation sites excluding steroid dienone is 1. The summed E-state index contributed by atoms with van der Waals surface area (Å²) >= 11 is 0. The second kappa shape index (κ2) is 4.61. The van der Waals surface area contributed by atoms with E-state index in [0.717, 1.165) is 5.57 Å². The van der Waals surface area contributed by atoms with Gasteiger partial charge in [-0.05, 0) is 38.1 Å². The molecule has 0 amide bonds. The molecular formula is C17H21NO. The largest absolute Gasteiger partial charge is 0.302 e. The van der Waals surface area contributed by atoms with Crippen LogP contribution in [0.15, 0.2) is 30.3 Å². The first-order valence-electron chi connectivity index (χ1n) is 7.13. The molecule has 100 valence electrons. The Morgan fingerprint density at radius 3 is 2.58 bits per heavy atom. The van der Waals surface area contributed by atoms with Crippen molar-refractivity contribution in [1.82, 2.24) is 4.90 Å². The van der Waals surface area contributed by atoms with Crippen molar-refractivity contribution in [1.29, 1.82) is 0 Å². The Kier molecular flexibility index (Phi) is 3.06. The zero-order chi connectivity index (χ0) is 13.5. The normalized spacial score (nSPS) is 19.8. The van der Waals surface area contributed by atoms with Crippen molar-refractivity contribution >= 4 is 11.4 Å². The summed E-state index contributed by atoms with van der Waals surface area (Å²) in [4.78, 5) is 14.4. The maximum absolute atomic E-state index is 12.4. The second-order valence-electron chi connectivity index (χ2n) is 6.13. The molecule has 1 aromatic carbocycles. The molecule has 0 aromatic heterocycles. The van der Waals surface area contributed by atoms with Crippen LogP contribution in [-0.2, 0) is 10.2 Å². The van der Waals surface area contributed by atoms with Crippen LogP contribution in [0.3, 0.4) is 0 Å². The SMILES string of the molecule is CN(C)CC(=O)C1=CC2(CCCC2)c2ccccc21. The molecule has 2 heteroatoms. The van der Waals surface area contributed by atoms with Gasteiger partial charge in [-0.2, -0.15) is 0 Å². The zero-order valence-electron chi connectivity index (χ0n) is 11.8. The predicted molar refractivity (Wildman–Crippen MR) is 78.1 cm³/mol. The third-order valence-corrected chi connectivity index (χ3v) is 4.43. The first-order valence-corrected chi connectivity index (χ1v) is 7.13. The molecule has 3 rings (SSSR count). The lowest BCUT2D eigenvalue weighted by Gasteiger charge is -2.22. The number of hydrogen-bond acceptors (Lipinski definition) is 2. The van der Waals surface area contributed by atoms with Crippen LogP contribution in [0, 0.1) is 0 Å². The molecule has 1 spiro atoms. The van der Waals surface area contributed by atoms with E-state index in [-0.39, 0.29) is 11.2 Å². The molecule has 1 saturated carbocycles. The number of nitrogens with zero attached hydrogens (tertiary/aromatic N) is 1. The quantitative estimate of drug-likeness (QED) is 0.827. The highest BCUT2D eigenvalue weighted by molar-refractivity contribution is 6.23. The van der Waals surface area contributed by atoms with E-state index in [1.807, 2.05) is 25.1 Å². The zero-order valence-corrected chi connectivity index (χ0v) is 11.8. The highest BCUT2D eigenvalue weighted by Crippen LogP contribution is 2.50. The number of ketones is 1. The van der Waals surface area contributed by atoms with Gasteiger partial charge in [0.2, 0.25) is 0 Å². The minimum Gasteiger partial charge on any atom is -0.302 e. The summed E-state index contributed by atoms with van der Waals surface area (Å²) in [7, 11) is 3.90. The molecular weight excluding hydrogens is 234 g/mol. The Labute approximate surface area is 115 Å². The van der Waals surface area contributed by atoms with Crippen molar-refractivity contribution in [2.75, 3.05) is 20.6 Å². The fraction of sp³-hybridized carbons (Fsp3) is 0.471. The van der Waals surface area contributed by atoms with E-state index in [1.54, 1.807) is 0 Å². The minimum atomic E-state index is 0.161. The van der Waals surface area contributed by atoms with Gasteiger partial charge in [-0.15, -0.1) is 0 Å². The van der Waals surface area contributed by atoms with Gasteiger partial charge in [0, 0.05) is 11.0 Å². The van der Waals surface area contributed by atoms with Gasteiger partial charge in [0.1, 0.15) is 0 Å². The lowest BCUT2D eigenvalue weighted by Crippen LogP contribution is -2.22. The summed E-state index contributed by atoms with van der Waals surface area (Å²) < 4.78 is 0. The summed E-state index contributed by atoms with van der Waals surface area (Å²) in [6.07, 6.45) is 7.22. The van der Waals surface area contributed by atoms with Gasteiger partial charge in [0.05, 0.1) is 6.54 Å². The Balaban J connectivity index is 2.03. The van der Waals surface area contributed by atoms with E-state index >= 15 is 0 Å². The number of rotatable bonds is 3. The molecule has 2 nitrogen and oxygen atoms in total. The molecule has 1 fully saturated rings. The summed E-state index contributed by atoms with van der Waals surface area (Å²) in [5, 5.41) is 0. The van der Waals surface area contributed by atoms with Crippen LogP contribution in [0.25, 0.3) is 5.57 Å². The van der Waals surface area contributed by atoms with Gasteiger partial charge in [0.25, 0.3) is 0 Å². The van der Waals surface area contributed by atoms with Crippen LogP contribution in [0.1, 0.15) is 36.8 Å². The van der Waals surface area contributed by atoms with Gasteiger partial charge < -0.3 is 4.90 Å². The van der Waals surface area contributed by atoms with Crippen molar-refractivity contribution in [2.45, 2.75) is 31.1 Å². The van der Waals surface area contributed by atoms with Crippen LogP contribution in [0.2, 0.25) is 0 Å². The van der Waals surface area contributed by atoms with E-state index in [0.29, 0.717) is 6.54 Å².